The largest absolute Gasteiger partial charge is 0.322 e. The second-order valence-corrected chi connectivity index (χ2v) is 11.3. The van der Waals surface area contributed by atoms with Crippen LogP contribution in [0.3, 0.4) is 0 Å². The maximum absolute atomic E-state index is 13.2. The lowest BCUT2D eigenvalue weighted by molar-refractivity contribution is 0.102. The molecule has 4 rings (SSSR count). The second kappa shape index (κ2) is 10.3. The number of carbonyl (C=O) groups is 1. The Bertz CT molecular complexity index is 1260. The van der Waals surface area contributed by atoms with Crippen LogP contribution in [0, 0.1) is 13.8 Å². The van der Waals surface area contributed by atoms with Crippen molar-refractivity contribution in [1.82, 2.24) is 14.1 Å². The third kappa shape index (κ3) is 5.21. The number of nitrogens with one attached hydrogen (secondary N) is 1. The number of piperidine rings is 1. The highest BCUT2D eigenvalue weighted by Gasteiger charge is 2.31. The smallest absolute Gasteiger partial charge is 0.255 e. The fourth-order valence-electron chi connectivity index (χ4n) is 4.25. The van der Waals surface area contributed by atoms with Crippen molar-refractivity contribution >= 4 is 33.4 Å². The molecule has 0 radical (unpaired) electrons. The third-order valence-electron chi connectivity index (χ3n) is 6.12. The fourth-order valence-corrected chi connectivity index (χ4v) is 6.55. The monoisotopic (exact) mass is 498 g/mol. The van der Waals surface area contributed by atoms with Crippen molar-refractivity contribution in [2.45, 2.75) is 49.4 Å². The summed E-state index contributed by atoms with van der Waals surface area (Å²) in [6.45, 7) is 5.12. The maximum Gasteiger partial charge on any atom is 0.255 e. The zero-order valence-corrected chi connectivity index (χ0v) is 21.4. The van der Waals surface area contributed by atoms with E-state index in [2.05, 4.69) is 10.4 Å². The minimum absolute atomic E-state index is 0.176. The van der Waals surface area contributed by atoms with Gasteiger partial charge in [0.15, 0.2) is 0 Å². The standard InChI is InChI=1S/C25H30N4O3S2/c1-18-24(34(31,32)28-15-5-4-6-16-28)19(2)29(27-18)17-20-7-9-21(10-8-20)25(30)26-22-11-13-23(33-3)14-12-22/h7-14H,4-6,15-17H2,1-3H3,(H,26,30). The number of amides is 1. The molecule has 0 aliphatic carbocycles. The number of hydrogen-bond donors (Lipinski definition) is 1. The predicted octanol–water partition coefficient (Wildman–Crippen LogP) is 4.70. The second-order valence-electron chi connectivity index (χ2n) is 8.50. The van der Waals surface area contributed by atoms with Gasteiger partial charge in [0.25, 0.3) is 5.91 Å². The first-order valence-electron chi connectivity index (χ1n) is 11.4. The molecule has 2 heterocycles. The van der Waals surface area contributed by atoms with Gasteiger partial charge in [-0.2, -0.15) is 9.40 Å². The van der Waals surface area contributed by atoms with Crippen LogP contribution in [0.4, 0.5) is 5.69 Å². The molecule has 1 aliphatic rings. The topological polar surface area (TPSA) is 84.3 Å². The summed E-state index contributed by atoms with van der Waals surface area (Å²) < 4.78 is 29.8. The molecule has 0 spiro atoms. The Hall–Kier alpha value is -2.62. The van der Waals surface area contributed by atoms with Gasteiger partial charge in [-0.15, -0.1) is 11.8 Å². The molecule has 1 aromatic heterocycles. The molecule has 0 saturated carbocycles. The molecular weight excluding hydrogens is 468 g/mol. The molecular formula is C25H30N4O3S2. The van der Waals surface area contributed by atoms with Crippen LogP contribution in [0.25, 0.3) is 0 Å². The van der Waals surface area contributed by atoms with E-state index in [0.29, 0.717) is 41.5 Å². The molecule has 0 atom stereocenters. The molecule has 0 bridgehead atoms. The summed E-state index contributed by atoms with van der Waals surface area (Å²) in [4.78, 5) is 14.1. The van der Waals surface area contributed by atoms with Crippen molar-refractivity contribution in [3.63, 3.8) is 0 Å². The van der Waals surface area contributed by atoms with Gasteiger partial charge in [0.1, 0.15) is 4.90 Å². The van der Waals surface area contributed by atoms with Gasteiger partial charge in [-0.05, 0) is 74.9 Å². The van der Waals surface area contributed by atoms with Crippen LogP contribution < -0.4 is 5.32 Å². The molecule has 3 aromatic rings. The SMILES string of the molecule is CSc1ccc(NC(=O)c2ccc(Cn3nc(C)c(S(=O)(=O)N4CCCCC4)c3C)cc2)cc1. The first-order chi connectivity index (χ1) is 16.3. The summed E-state index contributed by atoms with van der Waals surface area (Å²) >= 11 is 1.65. The van der Waals surface area contributed by atoms with Crippen molar-refractivity contribution in [2.75, 3.05) is 24.7 Å². The van der Waals surface area contributed by atoms with Gasteiger partial charge in [0, 0.05) is 29.2 Å². The van der Waals surface area contributed by atoms with Crippen molar-refractivity contribution < 1.29 is 13.2 Å². The van der Waals surface area contributed by atoms with Crippen LogP contribution in [0.5, 0.6) is 0 Å². The number of anilines is 1. The normalized spacial score (nSPS) is 14.8. The van der Waals surface area contributed by atoms with E-state index in [1.165, 1.54) is 0 Å². The summed E-state index contributed by atoms with van der Waals surface area (Å²) in [5.74, 6) is -0.176. The Morgan fingerprint density at radius 2 is 1.65 bits per heavy atom. The molecule has 0 unspecified atom stereocenters. The van der Waals surface area contributed by atoms with Gasteiger partial charge in [-0.25, -0.2) is 8.42 Å². The molecule has 2 aromatic carbocycles. The molecule has 1 aliphatic heterocycles. The highest BCUT2D eigenvalue weighted by Crippen LogP contribution is 2.26. The average molecular weight is 499 g/mol. The minimum Gasteiger partial charge on any atom is -0.322 e. The summed E-state index contributed by atoms with van der Waals surface area (Å²) in [6.07, 6.45) is 4.88. The molecule has 9 heteroatoms. The van der Waals surface area contributed by atoms with Gasteiger partial charge in [-0.3, -0.25) is 9.48 Å². The van der Waals surface area contributed by atoms with E-state index in [1.807, 2.05) is 42.7 Å². The van der Waals surface area contributed by atoms with E-state index < -0.39 is 10.0 Å². The van der Waals surface area contributed by atoms with Crippen LogP contribution in [0.2, 0.25) is 0 Å². The van der Waals surface area contributed by atoms with Crippen LogP contribution >= 0.6 is 11.8 Å². The van der Waals surface area contributed by atoms with E-state index in [1.54, 1.807) is 46.7 Å². The van der Waals surface area contributed by atoms with Gasteiger partial charge in [0.2, 0.25) is 10.0 Å². The van der Waals surface area contributed by atoms with Crippen molar-refractivity contribution in [2.24, 2.45) is 0 Å². The van der Waals surface area contributed by atoms with Crippen LogP contribution in [-0.2, 0) is 16.6 Å². The van der Waals surface area contributed by atoms with Crippen molar-refractivity contribution in [3.05, 3.63) is 71.0 Å². The van der Waals surface area contributed by atoms with Crippen molar-refractivity contribution in [3.8, 4) is 0 Å². The van der Waals surface area contributed by atoms with Crippen LogP contribution in [0.1, 0.15) is 46.6 Å². The number of nitrogens with zero attached hydrogens (tertiary/aromatic N) is 3. The lowest BCUT2D eigenvalue weighted by Crippen LogP contribution is -2.36. The Morgan fingerprint density at radius 3 is 2.26 bits per heavy atom. The molecule has 7 nitrogen and oxygen atoms in total. The number of rotatable bonds is 7. The Morgan fingerprint density at radius 1 is 1.00 bits per heavy atom. The Kier molecular flexibility index (Phi) is 7.45. The highest BCUT2D eigenvalue weighted by molar-refractivity contribution is 7.98. The zero-order chi connectivity index (χ0) is 24.3. The van der Waals surface area contributed by atoms with E-state index in [0.717, 1.165) is 35.4 Å². The van der Waals surface area contributed by atoms with E-state index >= 15 is 0 Å². The number of hydrogen-bond acceptors (Lipinski definition) is 5. The number of benzene rings is 2. The van der Waals surface area contributed by atoms with E-state index in [-0.39, 0.29) is 5.91 Å². The number of aromatic nitrogens is 2. The van der Waals surface area contributed by atoms with Crippen LogP contribution in [-0.4, -0.2) is 47.8 Å². The first-order valence-corrected chi connectivity index (χ1v) is 14.0. The first kappa shape index (κ1) is 24.5. The van der Waals surface area contributed by atoms with Gasteiger partial charge in [0.05, 0.1) is 17.9 Å². The van der Waals surface area contributed by atoms with Gasteiger partial charge < -0.3 is 5.32 Å². The summed E-state index contributed by atoms with van der Waals surface area (Å²) in [5.41, 5.74) is 3.40. The van der Waals surface area contributed by atoms with Gasteiger partial charge in [-0.1, -0.05) is 18.6 Å². The lowest BCUT2D eigenvalue weighted by atomic mass is 10.1. The highest BCUT2D eigenvalue weighted by atomic mass is 32.2. The van der Waals surface area contributed by atoms with Gasteiger partial charge >= 0.3 is 0 Å². The van der Waals surface area contributed by atoms with E-state index in [4.69, 9.17) is 0 Å². The number of thioether (sulfide) groups is 1. The number of sulfonamides is 1. The summed E-state index contributed by atoms with van der Waals surface area (Å²) in [6, 6.07) is 15.0. The third-order valence-corrected chi connectivity index (χ3v) is 9.02. The van der Waals surface area contributed by atoms with Crippen LogP contribution in [0.15, 0.2) is 58.3 Å². The zero-order valence-electron chi connectivity index (χ0n) is 19.7. The Labute approximate surface area is 205 Å². The molecule has 1 N–H and O–H groups in total. The molecule has 1 fully saturated rings. The van der Waals surface area contributed by atoms with Crippen molar-refractivity contribution in [1.29, 1.82) is 0 Å². The average Bonchev–Trinajstić information content (AvgIpc) is 3.13. The number of aryl methyl sites for hydroxylation is 1. The Balaban J connectivity index is 1.47. The summed E-state index contributed by atoms with van der Waals surface area (Å²) in [5, 5.41) is 7.43. The molecule has 34 heavy (non-hydrogen) atoms. The lowest BCUT2D eigenvalue weighted by Gasteiger charge is -2.26. The number of carbonyl (C=O) groups excluding carboxylic acids is 1. The van der Waals surface area contributed by atoms with E-state index in [9.17, 15) is 13.2 Å². The molecule has 180 valence electrons. The quantitative estimate of drug-likeness (QED) is 0.478. The predicted molar refractivity (Wildman–Crippen MR) is 136 cm³/mol. The summed E-state index contributed by atoms with van der Waals surface area (Å²) in [7, 11) is -3.55. The molecule has 1 saturated heterocycles. The molecule has 1 amide bonds. The maximum atomic E-state index is 13.2. The minimum atomic E-state index is -3.55. The fraction of sp³-hybridized carbons (Fsp3) is 0.360.